The molecule has 0 spiro atoms. The van der Waals surface area contributed by atoms with E-state index in [1.54, 1.807) is 0 Å². The molecule has 0 bridgehead atoms. The first-order chi connectivity index (χ1) is 5.70. The van der Waals surface area contributed by atoms with Gasteiger partial charge < -0.3 is 31.7 Å². The maximum Gasteiger partial charge on any atom is 0.330 e. The number of aliphatic hydroxyl groups excluding tert-OH is 1. The minimum absolute atomic E-state index is 0. The van der Waals surface area contributed by atoms with Gasteiger partial charge in [-0.1, -0.05) is 6.58 Å². The molecule has 0 aliphatic heterocycles. The number of aliphatic hydroxyl groups is 1. The normalized spacial score (nSPS) is 9.21. The second kappa shape index (κ2) is 9.18. The molecule has 86 valence electrons. The number of nitrogens with zero attached hydrogens (tertiary/aromatic N) is 1. The summed E-state index contributed by atoms with van der Waals surface area (Å²) >= 11 is 0. The summed E-state index contributed by atoms with van der Waals surface area (Å²) in [6, 6.07) is 0. The van der Waals surface area contributed by atoms with E-state index in [0.29, 0.717) is 0 Å². The average Bonchev–Trinajstić information content (AvgIpc) is 1.85. The third-order valence-corrected chi connectivity index (χ3v) is 1.14. The molecule has 5 heteroatoms. The van der Waals surface area contributed by atoms with Gasteiger partial charge in [0.2, 0.25) is 0 Å². The molecular formula is C9H20BrNO3. The molecule has 0 aromatic heterocycles. The molecule has 0 aromatic carbocycles. The molecule has 0 heterocycles. The van der Waals surface area contributed by atoms with Crippen molar-refractivity contribution in [1.82, 2.24) is 0 Å². The van der Waals surface area contributed by atoms with Crippen molar-refractivity contribution in [2.75, 3.05) is 34.3 Å². The van der Waals surface area contributed by atoms with Crippen LogP contribution in [0.1, 0.15) is 6.92 Å². The second-order valence-electron chi connectivity index (χ2n) is 3.82. The first-order valence-corrected chi connectivity index (χ1v) is 4.01. The van der Waals surface area contributed by atoms with E-state index in [4.69, 9.17) is 10.2 Å². The minimum Gasteiger partial charge on any atom is -1.00 e. The Morgan fingerprint density at radius 2 is 1.64 bits per heavy atom. The van der Waals surface area contributed by atoms with Crippen molar-refractivity contribution in [2.45, 2.75) is 6.92 Å². The summed E-state index contributed by atoms with van der Waals surface area (Å²) in [5.74, 6) is -0.935. The quantitative estimate of drug-likeness (QED) is 0.434. The summed E-state index contributed by atoms with van der Waals surface area (Å²) in [5.41, 5.74) is 0.176. The van der Waals surface area contributed by atoms with E-state index in [2.05, 4.69) is 27.7 Å². The van der Waals surface area contributed by atoms with Gasteiger partial charge in [-0.25, -0.2) is 4.79 Å². The third kappa shape index (κ3) is 22.6. The van der Waals surface area contributed by atoms with Crippen LogP contribution in [0, 0.1) is 0 Å². The summed E-state index contributed by atoms with van der Waals surface area (Å²) in [5, 5.41) is 16.3. The predicted molar refractivity (Wildman–Crippen MR) is 52.4 cm³/mol. The Kier molecular flexibility index (Phi) is 12.6. The number of hydrogen-bond donors (Lipinski definition) is 2. The Labute approximate surface area is 96.2 Å². The SMILES string of the molecule is C=C(C)C(=O)O.C[N+](C)(C)CCO.[Br-]. The highest BCUT2D eigenvalue weighted by Gasteiger charge is 2.02. The molecule has 0 aliphatic rings. The Morgan fingerprint density at radius 1 is 1.36 bits per heavy atom. The van der Waals surface area contributed by atoms with Gasteiger partial charge in [0.1, 0.15) is 6.54 Å². The van der Waals surface area contributed by atoms with Gasteiger partial charge in [-0.2, -0.15) is 0 Å². The molecule has 4 nitrogen and oxygen atoms in total. The number of halogens is 1. The largest absolute Gasteiger partial charge is 1.00 e. The van der Waals surface area contributed by atoms with Gasteiger partial charge in [-0.3, -0.25) is 0 Å². The van der Waals surface area contributed by atoms with E-state index in [1.165, 1.54) is 6.92 Å². The van der Waals surface area contributed by atoms with Crippen LogP contribution in [0.15, 0.2) is 12.2 Å². The van der Waals surface area contributed by atoms with E-state index >= 15 is 0 Å². The van der Waals surface area contributed by atoms with Crippen molar-refractivity contribution >= 4 is 5.97 Å². The standard InChI is InChI=1S/C5H14NO.C4H6O2.BrH/c1-6(2,3)4-5-7;1-3(2)4(5)6;/h7H,4-5H2,1-3H3;1H2,2H3,(H,5,6);1H/q+1;;/p-1. The molecule has 14 heavy (non-hydrogen) atoms. The molecule has 0 saturated heterocycles. The fourth-order valence-corrected chi connectivity index (χ4v) is 0.300. The van der Waals surface area contributed by atoms with Gasteiger partial charge in [0.25, 0.3) is 0 Å². The van der Waals surface area contributed by atoms with E-state index in [9.17, 15) is 4.79 Å². The van der Waals surface area contributed by atoms with Crippen LogP contribution < -0.4 is 17.0 Å². The van der Waals surface area contributed by atoms with Crippen molar-refractivity contribution in [3.8, 4) is 0 Å². The number of quaternary nitrogens is 1. The molecule has 0 aromatic rings. The molecule has 0 amide bonds. The summed E-state index contributed by atoms with van der Waals surface area (Å²) < 4.78 is 0.844. The summed E-state index contributed by atoms with van der Waals surface area (Å²) in [4.78, 5) is 9.60. The smallest absolute Gasteiger partial charge is 0.330 e. The molecule has 0 unspecified atom stereocenters. The van der Waals surface area contributed by atoms with Crippen LogP contribution in [-0.4, -0.2) is 55.0 Å². The van der Waals surface area contributed by atoms with E-state index in [-0.39, 0.29) is 29.2 Å². The monoisotopic (exact) mass is 269 g/mol. The summed E-state index contributed by atoms with van der Waals surface area (Å²) in [6.07, 6.45) is 0. The van der Waals surface area contributed by atoms with Crippen molar-refractivity contribution in [3.05, 3.63) is 12.2 Å². The first-order valence-electron chi connectivity index (χ1n) is 4.01. The maximum absolute atomic E-state index is 9.60. The Bertz CT molecular complexity index is 163. The predicted octanol–water partition coefficient (Wildman–Crippen LogP) is -2.66. The van der Waals surface area contributed by atoms with E-state index < -0.39 is 5.97 Å². The van der Waals surface area contributed by atoms with Crippen molar-refractivity contribution in [1.29, 1.82) is 0 Å². The van der Waals surface area contributed by atoms with Gasteiger partial charge in [-0.15, -0.1) is 0 Å². The average molecular weight is 270 g/mol. The van der Waals surface area contributed by atoms with Gasteiger partial charge in [-0.05, 0) is 6.92 Å². The number of rotatable bonds is 3. The molecule has 0 rings (SSSR count). The number of carboxylic acids is 1. The number of aliphatic carboxylic acids is 1. The zero-order valence-electron chi connectivity index (χ0n) is 9.25. The van der Waals surface area contributed by atoms with Crippen molar-refractivity contribution < 1.29 is 36.5 Å². The number of carboxylic acid groups (broad SMARTS) is 1. The fourth-order valence-electron chi connectivity index (χ4n) is 0.300. The van der Waals surface area contributed by atoms with E-state index in [1.807, 2.05) is 0 Å². The van der Waals surface area contributed by atoms with Gasteiger partial charge >= 0.3 is 5.97 Å². The van der Waals surface area contributed by atoms with Crippen molar-refractivity contribution in [3.63, 3.8) is 0 Å². The van der Waals surface area contributed by atoms with Crippen LogP contribution in [0.2, 0.25) is 0 Å². The van der Waals surface area contributed by atoms with Crippen molar-refractivity contribution in [2.24, 2.45) is 0 Å². The van der Waals surface area contributed by atoms with Crippen LogP contribution in [0.4, 0.5) is 0 Å². The second-order valence-corrected chi connectivity index (χ2v) is 3.82. The first kappa shape index (κ1) is 19.2. The zero-order valence-corrected chi connectivity index (χ0v) is 10.8. The van der Waals surface area contributed by atoms with Crippen LogP contribution in [0.5, 0.6) is 0 Å². The maximum atomic E-state index is 9.60. The topological polar surface area (TPSA) is 57.5 Å². The number of carbonyl (C=O) groups is 1. The Hall–Kier alpha value is -0.390. The highest BCUT2D eigenvalue weighted by atomic mass is 79.9. The molecule has 0 aliphatic carbocycles. The molecule has 0 radical (unpaired) electrons. The zero-order chi connectivity index (χ0) is 11.1. The molecule has 0 fully saturated rings. The highest BCUT2D eigenvalue weighted by Crippen LogP contribution is 1.84. The number of hydrogen-bond acceptors (Lipinski definition) is 2. The lowest BCUT2D eigenvalue weighted by Gasteiger charge is -2.21. The molecule has 0 atom stereocenters. The lowest BCUT2D eigenvalue weighted by Crippen LogP contribution is -3.00. The molecule has 2 N–H and O–H groups in total. The Morgan fingerprint density at radius 3 is 1.64 bits per heavy atom. The fraction of sp³-hybridized carbons (Fsp3) is 0.667. The van der Waals surface area contributed by atoms with Crippen LogP contribution in [0.3, 0.4) is 0 Å². The lowest BCUT2D eigenvalue weighted by atomic mass is 10.4. The lowest BCUT2D eigenvalue weighted by molar-refractivity contribution is -0.870. The molecule has 0 saturated carbocycles. The summed E-state index contributed by atoms with van der Waals surface area (Å²) in [7, 11) is 6.16. The third-order valence-electron chi connectivity index (χ3n) is 1.14. The van der Waals surface area contributed by atoms with Crippen LogP contribution in [-0.2, 0) is 4.79 Å². The van der Waals surface area contributed by atoms with Gasteiger partial charge in [0, 0.05) is 5.57 Å². The van der Waals surface area contributed by atoms with E-state index in [0.717, 1.165) is 11.0 Å². The molecular weight excluding hydrogens is 250 g/mol. The Balaban J connectivity index is -0.000000163. The summed E-state index contributed by atoms with van der Waals surface area (Å²) in [6.45, 7) is 5.72. The highest BCUT2D eigenvalue weighted by molar-refractivity contribution is 5.84. The minimum atomic E-state index is -0.935. The van der Waals surface area contributed by atoms with Crippen LogP contribution >= 0.6 is 0 Å². The van der Waals surface area contributed by atoms with Gasteiger partial charge in [0.15, 0.2) is 0 Å². The van der Waals surface area contributed by atoms with Crippen LogP contribution in [0.25, 0.3) is 0 Å². The number of likely N-dealkylation sites (N-methyl/N-ethyl adjacent to an activating group) is 1. The van der Waals surface area contributed by atoms with Gasteiger partial charge in [0.05, 0.1) is 27.7 Å².